The van der Waals surface area contributed by atoms with Gasteiger partial charge in [0.25, 0.3) is 5.91 Å². The molecular weight excluding hydrogens is 352 g/mol. The van der Waals surface area contributed by atoms with Crippen LogP contribution in [0.5, 0.6) is 0 Å². The predicted octanol–water partition coefficient (Wildman–Crippen LogP) is 4.78. The molecule has 6 heteroatoms. The van der Waals surface area contributed by atoms with Gasteiger partial charge in [-0.25, -0.2) is 0 Å². The third-order valence-corrected chi connectivity index (χ3v) is 5.69. The molecule has 2 aromatic heterocycles. The molecule has 0 spiro atoms. The topological polar surface area (TPSA) is 74.2 Å². The van der Waals surface area contributed by atoms with Crippen LogP contribution in [0.2, 0.25) is 0 Å². The van der Waals surface area contributed by atoms with Crippen LogP contribution < -0.4 is 5.32 Å². The van der Waals surface area contributed by atoms with Gasteiger partial charge in [-0.1, -0.05) is 19.8 Å². The van der Waals surface area contributed by atoms with Gasteiger partial charge >= 0.3 is 0 Å². The molecule has 1 fully saturated rings. The zero-order valence-electron chi connectivity index (χ0n) is 16.4. The molecule has 1 amide bonds. The lowest BCUT2D eigenvalue weighted by Crippen LogP contribution is -2.33. The van der Waals surface area contributed by atoms with Gasteiger partial charge in [-0.05, 0) is 63.2 Å². The number of piperidine rings is 1. The van der Waals surface area contributed by atoms with Crippen molar-refractivity contribution in [3.05, 3.63) is 48.0 Å². The van der Waals surface area contributed by atoms with Crippen molar-refractivity contribution in [2.24, 2.45) is 0 Å². The van der Waals surface area contributed by atoms with Gasteiger partial charge in [0, 0.05) is 17.0 Å². The maximum atomic E-state index is 12.3. The Morgan fingerprint density at radius 3 is 2.89 bits per heavy atom. The molecule has 0 saturated carbocycles. The molecule has 0 radical (unpaired) electrons. The first-order valence-corrected chi connectivity index (χ1v) is 10.3. The van der Waals surface area contributed by atoms with Crippen LogP contribution in [-0.2, 0) is 0 Å². The first kappa shape index (κ1) is 18.7. The van der Waals surface area contributed by atoms with Gasteiger partial charge < -0.3 is 14.6 Å². The van der Waals surface area contributed by atoms with E-state index in [-0.39, 0.29) is 5.91 Å². The molecule has 28 heavy (non-hydrogen) atoms. The second-order valence-corrected chi connectivity index (χ2v) is 7.66. The molecule has 6 nitrogen and oxygen atoms in total. The second kappa shape index (κ2) is 8.61. The third-order valence-electron chi connectivity index (χ3n) is 5.69. The van der Waals surface area contributed by atoms with Crippen LogP contribution >= 0.6 is 0 Å². The lowest BCUT2D eigenvalue weighted by Gasteiger charge is -2.31. The van der Waals surface area contributed by atoms with Crippen LogP contribution in [0.3, 0.4) is 0 Å². The molecular formula is C22H28N4O2. The van der Waals surface area contributed by atoms with E-state index in [1.807, 2.05) is 18.2 Å². The number of H-pyrrole nitrogens is 1. The van der Waals surface area contributed by atoms with Gasteiger partial charge in [0.15, 0.2) is 0 Å². The number of fused-ring (bicyclic) bond motifs is 1. The maximum Gasteiger partial charge on any atom is 0.258 e. The Hall–Kier alpha value is -2.60. The Balaban J connectivity index is 1.44. The average Bonchev–Trinajstić information content (AvgIpc) is 3.39. The lowest BCUT2D eigenvalue weighted by molar-refractivity contribution is 0.102. The molecule has 0 atom stereocenters. The second-order valence-electron chi connectivity index (χ2n) is 7.66. The highest BCUT2D eigenvalue weighted by atomic mass is 16.3. The molecule has 2 N–H and O–H groups in total. The number of nitrogens with zero attached hydrogens (tertiary/aromatic N) is 2. The highest BCUT2D eigenvalue weighted by Gasteiger charge is 2.24. The predicted molar refractivity (Wildman–Crippen MR) is 111 cm³/mol. The van der Waals surface area contributed by atoms with Crippen LogP contribution in [0.1, 0.15) is 61.0 Å². The SMILES string of the molecule is CCCCCN1CCC(c2n[nH]c3ccc(NC(=O)c4ccoc4)cc23)CC1. The molecule has 0 aliphatic carbocycles. The molecule has 0 bridgehead atoms. The number of carbonyl (C=O) groups is 1. The first-order chi connectivity index (χ1) is 13.7. The highest BCUT2D eigenvalue weighted by Crippen LogP contribution is 2.32. The zero-order chi connectivity index (χ0) is 19.3. The number of benzene rings is 1. The Morgan fingerprint density at radius 2 is 2.14 bits per heavy atom. The number of carbonyl (C=O) groups excluding carboxylic acids is 1. The quantitative estimate of drug-likeness (QED) is 0.579. The summed E-state index contributed by atoms with van der Waals surface area (Å²) in [5.74, 6) is 0.300. The summed E-state index contributed by atoms with van der Waals surface area (Å²) in [6.07, 6.45) is 9.11. The Morgan fingerprint density at radius 1 is 1.29 bits per heavy atom. The minimum Gasteiger partial charge on any atom is -0.472 e. The number of hydrogen-bond donors (Lipinski definition) is 2. The number of nitrogens with one attached hydrogen (secondary N) is 2. The van der Waals surface area contributed by atoms with E-state index >= 15 is 0 Å². The Labute approximate surface area is 165 Å². The van der Waals surface area contributed by atoms with E-state index in [0.29, 0.717) is 11.5 Å². The van der Waals surface area contributed by atoms with Crippen LogP contribution in [-0.4, -0.2) is 40.6 Å². The summed E-state index contributed by atoms with van der Waals surface area (Å²) < 4.78 is 4.99. The fourth-order valence-corrected chi connectivity index (χ4v) is 4.04. The standard InChI is InChI=1S/C22H28N4O2/c1-2-3-4-10-26-11-7-16(8-12-26)21-19-14-18(5-6-20(19)24-25-21)23-22(27)17-9-13-28-15-17/h5-6,9,13-16H,2-4,7-8,10-12H2,1H3,(H,23,27)(H,24,25). The lowest BCUT2D eigenvalue weighted by atomic mass is 9.91. The van der Waals surface area contributed by atoms with E-state index in [4.69, 9.17) is 4.42 Å². The summed E-state index contributed by atoms with van der Waals surface area (Å²) in [6.45, 7) is 5.74. The maximum absolute atomic E-state index is 12.3. The Bertz CT molecular complexity index is 908. The van der Waals surface area contributed by atoms with Crippen molar-refractivity contribution in [3.8, 4) is 0 Å². The smallest absolute Gasteiger partial charge is 0.258 e. The van der Waals surface area contributed by atoms with E-state index in [1.54, 1.807) is 6.07 Å². The van der Waals surface area contributed by atoms with Gasteiger partial charge in [0.2, 0.25) is 0 Å². The zero-order valence-corrected chi connectivity index (χ0v) is 16.4. The molecule has 1 aliphatic heterocycles. The molecule has 0 unspecified atom stereocenters. The van der Waals surface area contributed by atoms with Gasteiger partial charge in [-0.15, -0.1) is 0 Å². The number of anilines is 1. The van der Waals surface area contributed by atoms with Crippen molar-refractivity contribution >= 4 is 22.5 Å². The van der Waals surface area contributed by atoms with Crippen LogP contribution in [0.25, 0.3) is 10.9 Å². The fraction of sp³-hybridized carbons (Fsp3) is 0.455. The third kappa shape index (κ3) is 4.12. The Kier molecular flexibility index (Phi) is 5.76. The number of hydrogen-bond acceptors (Lipinski definition) is 4. The summed E-state index contributed by atoms with van der Waals surface area (Å²) in [7, 11) is 0. The van der Waals surface area contributed by atoms with E-state index < -0.39 is 0 Å². The summed E-state index contributed by atoms with van der Waals surface area (Å²) in [5, 5.41) is 11.8. The molecule has 3 heterocycles. The molecule has 1 aliphatic rings. The summed E-state index contributed by atoms with van der Waals surface area (Å²) >= 11 is 0. The van der Waals surface area contributed by atoms with Crippen molar-refractivity contribution in [2.45, 2.75) is 44.9 Å². The van der Waals surface area contributed by atoms with E-state index in [9.17, 15) is 4.79 Å². The molecule has 148 valence electrons. The average molecular weight is 380 g/mol. The van der Waals surface area contributed by atoms with Gasteiger partial charge in [-0.2, -0.15) is 5.10 Å². The minimum atomic E-state index is -0.168. The number of likely N-dealkylation sites (tertiary alicyclic amines) is 1. The highest BCUT2D eigenvalue weighted by molar-refractivity contribution is 6.05. The van der Waals surface area contributed by atoms with E-state index in [0.717, 1.165) is 48.2 Å². The summed E-state index contributed by atoms with van der Waals surface area (Å²) in [6, 6.07) is 7.57. The fourth-order valence-electron chi connectivity index (χ4n) is 4.04. The molecule has 4 rings (SSSR count). The molecule has 3 aromatic rings. The minimum absolute atomic E-state index is 0.168. The first-order valence-electron chi connectivity index (χ1n) is 10.3. The van der Waals surface area contributed by atoms with Crippen molar-refractivity contribution in [2.75, 3.05) is 25.0 Å². The van der Waals surface area contributed by atoms with E-state index in [2.05, 4.69) is 27.3 Å². The van der Waals surface area contributed by atoms with Crippen molar-refractivity contribution in [1.82, 2.24) is 15.1 Å². The number of unbranched alkanes of at least 4 members (excludes halogenated alkanes) is 2. The van der Waals surface area contributed by atoms with E-state index in [1.165, 1.54) is 38.3 Å². The summed E-state index contributed by atoms with van der Waals surface area (Å²) in [5.41, 5.74) is 3.44. The number of aromatic nitrogens is 2. The summed E-state index contributed by atoms with van der Waals surface area (Å²) in [4.78, 5) is 14.9. The van der Waals surface area contributed by atoms with Crippen LogP contribution in [0.15, 0.2) is 41.2 Å². The van der Waals surface area contributed by atoms with Crippen LogP contribution in [0.4, 0.5) is 5.69 Å². The normalized spacial score (nSPS) is 15.9. The van der Waals surface area contributed by atoms with Gasteiger partial charge in [0.1, 0.15) is 6.26 Å². The molecule has 1 aromatic carbocycles. The number of amides is 1. The van der Waals surface area contributed by atoms with Gasteiger partial charge in [-0.3, -0.25) is 9.89 Å². The van der Waals surface area contributed by atoms with Crippen molar-refractivity contribution in [1.29, 1.82) is 0 Å². The number of aromatic amines is 1. The van der Waals surface area contributed by atoms with Gasteiger partial charge in [0.05, 0.1) is 23.0 Å². The van der Waals surface area contributed by atoms with Crippen LogP contribution in [0, 0.1) is 0 Å². The number of rotatable bonds is 7. The van der Waals surface area contributed by atoms with Crippen molar-refractivity contribution < 1.29 is 9.21 Å². The van der Waals surface area contributed by atoms with Crippen molar-refractivity contribution in [3.63, 3.8) is 0 Å². The number of furan rings is 1. The largest absolute Gasteiger partial charge is 0.472 e. The molecule has 1 saturated heterocycles. The monoisotopic (exact) mass is 380 g/mol.